The first kappa shape index (κ1) is 17.3. The first-order valence-corrected chi connectivity index (χ1v) is 9.02. The quantitative estimate of drug-likeness (QED) is 0.866. The second kappa shape index (κ2) is 6.78. The highest BCUT2D eigenvalue weighted by atomic mass is 32.2. The molecule has 5 nitrogen and oxygen atoms in total. The summed E-state index contributed by atoms with van der Waals surface area (Å²) in [4.78, 5) is 11.5. The predicted octanol–water partition coefficient (Wildman–Crippen LogP) is 2.50. The van der Waals surface area contributed by atoms with Gasteiger partial charge in [-0.2, -0.15) is 0 Å². The van der Waals surface area contributed by atoms with Gasteiger partial charge < -0.3 is 10.1 Å². The summed E-state index contributed by atoms with van der Waals surface area (Å²) in [5.41, 5.74) is -0.302. The first-order chi connectivity index (χ1) is 9.14. The minimum atomic E-state index is -2.92. The van der Waals surface area contributed by atoms with Gasteiger partial charge in [0.25, 0.3) is 0 Å². The predicted molar refractivity (Wildman–Crippen MR) is 79.4 cm³/mol. The molecular weight excluding hydrogens is 278 g/mol. The van der Waals surface area contributed by atoms with E-state index in [1.807, 2.05) is 20.8 Å². The highest BCUT2D eigenvalue weighted by Gasteiger charge is 2.30. The highest BCUT2D eigenvalue weighted by molar-refractivity contribution is 7.92. The number of carbonyl (C=O) groups excluding carboxylic acids is 1. The Bertz CT molecular complexity index is 417. The summed E-state index contributed by atoms with van der Waals surface area (Å²) in [6, 6.07) is 0. The Kier molecular flexibility index (Phi) is 5.86. The smallest absolute Gasteiger partial charge is 0.407 e. The summed E-state index contributed by atoms with van der Waals surface area (Å²) in [7, 11) is -2.92. The maximum Gasteiger partial charge on any atom is 0.407 e. The number of alkyl carbamates (subject to hydrolysis) is 1. The van der Waals surface area contributed by atoms with E-state index >= 15 is 0 Å². The Balaban J connectivity index is 2.32. The van der Waals surface area contributed by atoms with E-state index in [1.165, 1.54) is 0 Å². The average molecular weight is 305 g/mol. The van der Waals surface area contributed by atoms with Crippen molar-refractivity contribution >= 4 is 15.9 Å². The van der Waals surface area contributed by atoms with Gasteiger partial charge in [-0.15, -0.1) is 0 Å². The minimum absolute atomic E-state index is 0.202. The van der Waals surface area contributed by atoms with Gasteiger partial charge in [0.05, 0.1) is 11.9 Å². The van der Waals surface area contributed by atoms with Crippen LogP contribution in [0.5, 0.6) is 0 Å². The Morgan fingerprint density at radius 3 is 2.20 bits per heavy atom. The third kappa shape index (κ3) is 5.69. The summed E-state index contributed by atoms with van der Waals surface area (Å²) in [5, 5.41) is 2.54. The molecule has 1 amide bonds. The standard InChI is InChI=1S/C14H27NO4S/c1-5-20(17,18)12-8-6-11(7-9-12)10-19-13(16)15-14(2,3)4/h11-12H,5-10H2,1-4H3,(H,15,16). The van der Waals surface area contributed by atoms with Crippen LogP contribution in [0.15, 0.2) is 0 Å². The fourth-order valence-corrected chi connectivity index (χ4v) is 3.89. The van der Waals surface area contributed by atoms with E-state index in [4.69, 9.17) is 4.74 Å². The molecule has 1 saturated carbocycles. The zero-order valence-corrected chi connectivity index (χ0v) is 13.8. The zero-order valence-electron chi connectivity index (χ0n) is 12.9. The van der Waals surface area contributed by atoms with E-state index < -0.39 is 15.9 Å². The minimum Gasteiger partial charge on any atom is -0.449 e. The van der Waals surface area contributed by atoms with Gasteiger partial charge in [-0.25, -0.2) is 13.2 Å². The molecule has 1 N–H and O–H groups in total. The lowest BCUT2D eigenvalue weighted by Crippen LogP contribution is -2.41. The van der Waals surface area contributed by atoms with Crippen molar-refractivity contribution in [1.29, 1.82) is 0 Å². The molecular formula is C14H27NO4S. The van der Waals surface area contributed by atoms with Gasteiger partial charge in [-0.3, -0.25) is 0 Å². The molecule has 1 fully saturated rings. The van der Waals surface area contributed by atoms with Crippen molar-refractivity contribution in [2.24, 2.45) is 5.92 Å². The fourth-order valence-electron chi connectivity index (χ4n) is 2.43. The van der Waals surface area contributed by atoms with Gasteiger partial charge >= 0.3 is 6.09 Å². The van der Waals surface area contributed by atoms with E-state index in [9.17, 15) is 13.2 Å². The Morgan fingerprint density at radius 2 is 1.75 bits per heavy atom. The Hall–Kier alpha value is -0.780. The Morgan fingerprint density at radius 1 is 1.20 bits per heavy atom. The first-order valence-electron chi connectivity index (χ1n) is 7.30. The van der Waals surface area contributed by atoms with Crippen LogP contribution in [0, 0.1) is 5.92 Å². The van der Waals surface area contributed by atoms with Gasteiger partial charge in [0, 0.05) is 11.3 Å². The number of hydrogen-bond acceptors (Lipinski definition) is 4. The summed E-state index contributed by atoms with van der Waals surface area (Å²) in [6.45, 7) is 7.77. The average Bonchev–Trinajstić information content (AvgIpc) is 2.35. The molecule has 0 radical (unpaired) electrons. The van der Waals surface area contributed by atoms with Crippen LogP contribution in [0.1, 0.15) is 53.4 Å². The van der Waals surface area contributed by atoms with Crippen molar-refractivity contribution in [3.05, 3.63) is 0 Å². The van der Waals surface area contributed by atoms with E-state index in [0.717, 1.165) is 12.8 Å². The molecule has 0 aromatic heterocycles. The molecule has 0 aliphatic heterocycles. The second-order valence-electron chi connectivity index (χ2n) is 6.57. The van der Waals surface area contributed by atoms with Crippen LogP contribution >= 0.6 is 0 Å². The van der Waals surface area contributed by atoms with Crippen molar-refractivity contribution in [3.8, 4) is 0 Å². The van der Waals surface area contributed by atoms with Crippen LogP contribution in [0.2, 0.25) is 0 Å². The third-order valence-electron chi connectivity index (χ3n) is 3.63. The van der Waals surface area contributed by atoms with E-state index in [0.29, 0.717) is 19.4 Å². The van der Waals surface area contributed by atoms with Crippen molar-refractivity contribution in [2.45, 2.75) is 64.2 Å². The van der Waals surface area contributed by atoms with E-state index in [-0.39, 0.29) is 22.5 Å². The Labute approximate surface area is 122 Å². The maximum absolute atomic E-state index is 11.8. The molecule has 118 valence electrons. The molecule has 0 spiro atoms. The molecule has 1 aliphatic carbocycles. The SMILES string of the molecule is CCS(=O)(=O)C1CCC(COC(=O)NC(C)(C)C)CC1. The molecule has 0 aromatic rings. The largest absolute Gasteiger partial charge is 0.449 e. The number of hydrogen-bond donors (Lipinski definition) is 1. The molecule has 0 unspecified atom stereocenters. The van der Waals surface area contributed by atoms with Gasteiger partial charge in [-0.05, 0) is 52.4 Å². The van der Waals surface area contributed by atoms with Crippen LogP contribution in [0.25, 0.3) is 0 Å². The van der Waals surface area contributed by atoms with E-state index in [1.54, 1.807) is 6.92 Å². The topological polar surface area (TPSA) is 72.5 Å². The molecule has 0 aromatic carbocycles. The number of ether oxygens (including phenoxy) is 1. The maximum atomic E-state index is 11.8. The highest BCUT2D eigenvalue weighted by Crippen LogP contribution is 2.29. The fraction of sp³-hybridized carbons (Fsp3) is 0.929. The van der Waals surface area contributed by atoms with Crippen LogP contribution in [-0.4, -0.2) is 37.7 Å². The van der Waals surface area contributed by atoms with Crippen LogP contribution in [0.4, 0.5) is 4.79 Å². The normalized spacial score (nSPS) is 24.2. The summed E-state index contributed by atoms with van der Waals surface area (Å²) in [6.07, 6.45) is 2.59. The number of sulfone groups is 1. The molecule has 0 heterocycles. The third-order valence-corrected chi connectivity index (χ3v) is 5.92. The van der Waals surface area contributed by atoms with Gasteiger partial charge in [0.2, 0.25) is 0 Å². The van der Waals surface area contributed by atoms with E-state index in [2.05, 4.69) is 5.32 Å². The molecule has 6 heteroatoms. The molecule has 0 atom stereocenters. The van der Waals surface area contributed by atoms with Crippen molar-refractivity contribution in [2.75, 3.05) is 12.4 Å². The molecule has 1 aliphatic rings. The lowest BCUT2D eigenvalue weighted by molar-refractivity contribution is 0.109. The van der Waals surface area contributed by atoms with Crippen molar-refractivity contribution in [1.82, 2.24) is 5.32 Å². The molecule has 1 rings (SSSR count). The van der Waals surface area contributed by atoms with Gasteiger partial charge in [-0.1, -0.05) is 6.92 Å². The monoisotopic (exact) mass is 305 g/mol. The summed E-state index contributed by atoms with van der Waals surface area (Å²) < 4.78 is 28.8. The number of rotatable bonds is 4. The van der Waals surface area contributed by atoms with Gasteiger partial charge in [0.15, 0.2) is 9.84 Å². The number of amides is 1. The lowest BCUT2D eigenvalue weighted by atomic mass is 9.89. The van der Waals surface area contributed by atoms with Crippen molar-refractivity contribution < 1.29 is 17.9 Å². The molecule has 20 heavy (non-hydrogen) atoms. The van der Waals surface area contributed by atoms with Crippen LogP contribution in [0.3, 0.4) is 0 Å². The van der Waals surface area contributed by atoms with Crippen molar-refractivity contribution in [3.63, 3.8) is 0 Å². The molecule has 0 saturated heterocycles. The zero-order chi connectivity index (χ0) is 15.4. The lowest BCUT2D eigenvalue weighted by Gasteiger charge is -2.28. The number of nitrogens with one attached hydrogen (secondary N) is 1. The number of carbonyl (C=O) groups is 1. The van der Waals surface area contributed by atoms with Crippen LogP contribution < -0.4 is 5.32 Å². The van der Waals surface area contributed by atoms with Crippen LogP contribution in [-0.2, 0) is 14.6 Å². The van der Waals surface area contributed by atoms with Gasteiger partial charge in [0.1, 0.15) is 0 Å². The second-order valence-corrected chi connectivity index (χ2v) is 9.14. The summed E-state index contributed by atoms with van der Waals surface area (Å²) >= 11 is 0. The molecule has 0 bridgehead atoms. The summed E-state index contributed by atoms with van der Waals surface area (Å²) in [5.74, 6) is 0.497.